The number of nitrogens with one attached hydrogen (secondary N) is 1. The predicted molar refractivity (Wildman–Crippen MR) is 144 cm³/mol. The number of rotatable bonds is 8. The van der Waals surface area contributed by atoms with Crippen molar-refractivity contribution in [2.75, 3.05) is 13.4 Å². The summed E-state index contributed by atoms with van der Waals surface area (Å²) in [4.78, 5) is 12.2. The summed E-state index contributed by atoms with van der Waals surface area (Å²) in [5, 5.41) is 3.68. The first-order valence-electron chi connectivity index (χ1n) is 11.1. The molecule has 0 bridgehead atoms. The van der Waals surface area contributed by atoms with E-state index in [1.807, 2.05) is 19.1 Å². The van der Waals surface area contributed by atoms with E-state index in [2.05, 4.69) is 5.32 Å². The molecule has 0 unspecified atom stereocenters. The van der Waals surface area contributed by atoms with Crippen molar-refractivity contribution in [2.45, 2.75) is 19.6 Å². The summed E-state index contributed by atoms with van der Waals surface area (Å²) in [7, 11) is -2.09. The van der Waals surface area contributed by atoms with E-state index < -0.39 is 13.7 Å². The highest BCUT2D eigenvalue weighted by atomic mass is 35.5. The van der Waals surface area contributed by atoms with Crippen molar-refractivity contribution >= 4 is 48.3 Å². The molecule has 1 aliphatic heterocycles. The number of carbonyl (C=O) groups is 1. The Hall–Kier alpha value is -2.67. The molecule has 0 saturated heterocycles. The molecule has 0 spiro atoms. The zero-order valence-electron chi connectivity index (χ0n) is 19.9. The van der Waals surface area contributed by atoms with Gasteiger partial charge in [0.25, 0.3) is 5.91 Å². The highest BCUT2D eigenvalue weighted by molar-refractivity contribution is 7.53. The summed E-state index contributed by atoms with van der Waals surface area (Å²) in [5.41, 5.74) is 2.55. The van der Waals surface area contributed by atoms with Crippen molar-refractivity contribution in [1.29, 1.82) is 0 Å². The molecule has 0 radical (unpaired) electrons. The van der Waals surface area contributed by atoms with E-state index in [-0.39, 0.29) is 34.7 Å². The van der Waals surface area contributed by atoms with E-state index >= 15 is 0 Å². The van der Waals surface area contributed by atoms with Crippen LogP contribution >= 0.6 is 42.4 Å². The standard InChI is InChI=1S/C26H23Cl3NO6P/c1-16-6-7-25(20(10-16)26(31)30-2)33-14-21-22(28)12-19(13-23(21)29)34-15-37(32)35-9-8-24(36-37)17-4-3-5-18(27)11-17/h3-13,24H,14-15H2,1-2H3,(H,30,31)/t24-,37+/m0/s1. The summed E-state index contributed by atoms with van der Waals surface area (Å²) in [6.07, 6.45) is 2.00. The Balaban J connectivity index is 1.43. The van der Waals surface area contributed by atoms with Crippen LogP contribution in [0.5, 0.6) is 11.5 Å². The van der Waals surface area contributed by atoms with Crippen molar-refractivity contribution in [3.63, 3.8) is 0 Å². The number of carbonyl (C=O) groups excluding carboxylic acids is 1. The third kappa shape index (κ3) is 6.81. The second kappa shape index (κ2) is 11.8. The summed E-state index contributed by atoms with van der Waals surface area (Å²) >= 11 is 19.0. The smallest absolute Gasteiger partial charge is 0.416 e. The highest BCUT2D eigenvalue weighted by Crippen LogP contribution is 2.55. The maximum absolute atomic E-state index is 13.1. The molecule has 37 heavy (non-hydrogen) atoms. The predicted octanol–water partition coefficient (Wildman–Crippen LogP) is 7.73. The molecule has 1 N–H and O–H groups in total. The van der Waals surface area contributed by atoms with Crippen LogP contribution in [-0.4, -0.2) is 19.3 Å². The molecule has 0 saturated carbocycles. The average molecular weight is 583 g/mol. The Morgan fingerprint density at radius 2 is 1.81 bits per heavy atom. The van der Waals surface area contributed by atoms with Gasteiger partial charge in [0.2, 0.25) is 6.35 Å². The number of hydrogen-bond acceptors (Lipinski definition) is 6. The van der Waals surface area contributed by atoms with Gasteiger partial charge in [-0.15, -0.1) is 0 Å². The highest BCUT2D eigenvalue weighted by Gasteiger charge is 2.33. The summed E-state index contributed by atoms with van der Waals surface area (Å²) in [6.45, 7) is 1.90. The van der Waals surface area contributed by atoms with Crippen molar-refractivity contribution in [3.05, 3.63) is 104 Å². The van der Waals surface area contributed by atoms with Crippen LogP contribution in [0, 0.1) is 6.92 Å². The van der Waals surface area contributed by atoms with Crippen LogP contribution in [-0.2, 0) is 20.2 Å². The lowest BCUT2D eigenvalue weighted by Gasteiger charge is -2.26. The Morgan fingerprint density at radius 1 is 1.05 bits per heavy atom. The SMILES string of the molecule is CNC(=O)c1cc(C)ccc1OCc1c(Cl)cc(OC[P@@]2(=O)OC=C[C@@H](c3cccc(Cl)c3)O2)cc1Cl. The lowest BCUT2D eigenvalue weighted by Crippen LogP contribution is -2.19. The molecule has 0 aromatic heterocycles. The molecule has 0 fully saturated rings. The van der Waals surface area contributed by atoms with Gasteiger partial charge in [-0.05, 0) is 55.0 Å². The van der Waals surface area contributed by atoms with Crippen LogP contribution in [0.3, 0.4) is 0 Å². The quantitative estimate of drug-likeness (QED) is 0.274. The van der Waals surface area contributed by atoms with Crippen LogP contribution in [0.4, 0.5) is 0 Å². The largest absolute Gasteiger partial charge is 0.488 e. The number of benzene rings is 3. The van der Waals surface area contributed by atoms with E-state index in [4.69, 9.17) is 53.3 Å². The normalized spacial score (nSPS) is 18.7. The van der Waals surface area contributed by atoms with E-state index in [0.29, 0.717) is 21.9 Å². The third-order valence-corrected chi connectivity index (χ3v) is 7.75. The van der Waals surface area contributed by atoms with Gasteiger partial charge in [0.15, 0.2) is 0 Å². The lowest BCUT2D eigenvalue weighted by molar-refractivity contribution is 0.0958. The number of hydrogen-bond donors (Lipinski definition) is 1. The number of ether oxygens (including phenoxy) is 2. The molecule has 3 aromatic carbocycles. The number of aryl methyl sites for hydroxylation is 1. The summed E-state index contributed by atoms with van der Waals surface area (Å²) in [5.74, 6) is 0.398. The molecule has 11 heteroatoms. The minimum Gasteiger partial charge on any atom is -0.488 e. The maximum atomic E-state index is 13.1. The van der Waals surface area contributed by atoms with Crippen LogP contribution in [0.15, 0.2) is 66.9 Å². The second-order valence-electron chi connectivity index (χ2n) is 8.13. The minimum absolute atomic E-state index is 0.0157. The first kappa shape index (κ1) is 27.4. The van der Waals surface area contributed by atoms with Gasteiger partial charge in [-0.25, -0.2) is 4.57 Å². The first-order chi connectivity index (χ1) is 17.7. The Morgan fingerprint density at radius 3 is 2.51 bits per heavy atom. The Labute approximate surface area is 229 Å². The molecule has 2 atom stereocenters. The molecule has 194 valence electrons. The van der Waals surface area contributed by atoms with Gasteiger partial charge in [-0.3, -0.25) is 9.32 Å². The number of halogens is 3. The number of amides is 1. The monoisotopic (exact) mass is 581 g/mol. The average Bonchev–Trinajstić information content (AvgIpc) is 2.87. The molecular formula is C26H23Cl3NO6P. The van der Waals surface area contributed by atoms with Crippen molar-refractivity contribution in [3.8, 4) is 11.5 Å². The topological polar surface area (TPSA) is 83.1 Å². The molecule has 4 rings (SSSR count). The zero-order chi connectivity index (χ0) is 26.6. The van der Waals surface area contributed by atoms with E-state index in [9.17, 15) is 9.36 Å². The zero-order valence-corrected chi connectivity index (χ0v) is 23.0. The van der Waals surface area contributed by atoms with Crippen LogP contribution in [0.1, 0.15) is 33.2 Å². The fourth-order valence-electron chi connectivity index (χ4n) is 3.53. The fraction of sp³-hybridized carbons (Fsp3) is 0.192. The molecule has 7 nitrogen and oxygen atoms in total. The van der Waals surface area contributed by atoms with Gasteiger partial charge in [0.05, 0.1) is 21.9 Å². The molecule has 3 aromatic rings. The van der Waals surface area contributed by atoms with Crippen LogP contribution in [0.2, 0.25) is 15.1 Å². The molecule has 1 amide bonds. The van der Waals surface area contributed by atoms with E-state index in [1.54, 1.807) is 43.5 Å². The van der Waals surface area contributed by atoms with Gasteiger partial charge >= 0.3 is 7.60 Å². The minimum atomic E-state index is -3.63. The van der Waals surface area contributed by atoms with Gasteiger partial charge in [0.1, 0.15) is 24.2 Å². The molecular weight excluding hydrogens is 560 g/mol. The molecule has 1 aliphatic rings. The Bertz CT molecular complexity index is 1370. The second-order valence-corrected chi connectivity index (χ2v) is 11.3. The third-order valence-electron chi connectivity index (χ3n) is 5.41. The van der Waals surface area contributed by atoms with Gasteiger partial charge in [-0.1, -0.05) is 58.6 Å². The van der Waals surface area contributed by atoms with Crippen molar-refractivity contribution < 1.29 is 27.9 Å². The summed E-state index contributed by atoms with van der Waals surface area (Å²) < 4.78 is 35.6. The molecule has 1 heterocycles. The van der Waals surface area contributed by atoms with Crippen molar-refractivity contribution in [1.82, 2.24) is 5.32 Å². The van der Waals surface area contributed by atoms with Gasteiger partial charge < -0.3 is 19.3 Å². The maximum Gasteiger partial charge on any atom is 0.416 e. The Kier molecular flexibility index (Phi) is 8.73. The van der Waals surface area contributed by atoms with Crippen molar-refractivity contribution in [2.24, 2.45) is 0 Å². The van der Waals surface area contributed by atoms with Crippen LogP contribution < -0.4 is 14.8 Å². The first-order valence-corrected chi connectivity index (χ1v) is 14.0. The van der Waals surface area contributed by atoms with Gasteiger partial charge in [-0.2, -0.15) is 0 Å². The van der Waals surface area contributed by atoms with E-state index in [1.165, 1.54) is 18.4 Å². The summed E-state index contributed by atoms with van der Waals surface area (Å²) in [6, 6.07) is 15.4. The molecule has 0 aliphatic carbocycles. The lowest BCUT2D eigenvalue weighted by atomic mass is 10.1. The van der Waals surface area contributed by atoms with Crippen LogP contribution in [0.25, 0.3) is 0 Å². The van der Waals surface area contributed by atoms with E-state index in [0.717, 1.165) is 11.1 Å². The van der Waals surface area contributed by atoms with Gasteiger partial charge in [0, 0.05) is 17.6 Å². The fourth-order valence-corrected chi connectivity index (χ4v) is 5.58.